The molecule has 2 aliphatic rings. The van der Waals surface area contributed by atoms with Crippen molar-refractivity contribution in [3.8, 4) is 0 Å². The fraction of sp³-hybridized carbons (Fsp3) is 0.810. The Balaban J connectivity index is 2.28. The van der Waals surface area contributed by atoms with Crippen molar-refractivity contribution in [3.05, 3.63) is 36.0 Å². The fourth-order valence-electron chi connectivity index (χ4n) is 6.40. The molecule has 2 heterocycles. The number of ether oxygens (including phenoxy) is 3. The topological polar surface area (TPSA) is 124 Å². The normalized spacial score (nSPS) is 31.5. The van der Waals surface area contributed by atoms with Gasteiger partial charge >= 0.3 is 11.9 Å². The highest BCUT2D eigenvalue weighted by Gasteiger charge is 2.50. The second-order valence-corrected chi connectivity index (χ2v) is 29.0. The van der Waals surface area contributed by atoms with Gasteiger partial charge in [0.1, 0.15) is 17.8 Å². The molecule has 0 unspecified atom stereocenters. The summed E-state index contributed by atoms with van der Waals surface area (Å²) in [6.07, 6.45) is 9.05. The van der Waals surface area contributed by atoms with E-state index in [9.17, 15) is 19.8 Å². The number of esters is 2. The van der Waals surface area contributed by atoms with Crippen LogP contribution in [0, 0.1) is 11.8 Å². The van der Waals surface area contributed by atoms with E-state index in [1.54, 1.807) is 26.0 Å². The summed E-state index contributed by atoms with van der Waals surface area (Å²) < 4.78 is 31.3. The zero-order chi connectivity index (χ0) is 41.0. The first-order chi connectivity index (χ1) is 23.9. The van der Waals surface area contributed by atoms with E-state index in [-0.39, 0.29) is 59.0 Å². The number of carbonyl (C=O) groups excluding carboxylic acids is 2. The summed E-state index contributed by atoms with van der Waals surface area (Å²) in [5, 5.41) is 23.0. The lowest BCUT2D eigenvalue weighted by Gasteiger charge is -2.40. The zero-order valence-corrected chi connectivity index (χ0v) is 38.3. The van der Waals surface area contributed by atoms with Gasteiger partial charge in [-0.15, -0.1) is 0 Å². The maximum Gasteiger partial charge on any atom is 0.308 e. The average molecular weight is 781 g/mol. The SMILES string of the molecule is CC[C@H](O[Si](C)(C)C(C)(C)C)[C@@H](C)[C@H]1O[C@@H]1C[C@@](C)(O)/C=C/C=C(\C)[C@H]1OC(=O)C[C@H](O[Si](C)(C)C(C)(C)C)CC[C@@](C)(O)[C@H](OC(C)=O)/C=C/[C@@H]1C. The molecule has 2 N–H and O–H groups in total. The maximum atomic E-state index is 13.6. The van der Waals surface area contributed by atoms with Crippen molar-refractivity contribution in [1.29, 1.82) is 0 Å². The van der Waals surface area contributed by atoms with E-state index in [1.807, 2.05) is 32.1 Å². The number of epoxide rings is 1. The summed E-state index contributed by atoms with van der Waals surface area (Å²) in [6.45, 7) is 35.0. The Kier molecular flexibility index (Phi) is 16.2. The average Bonchev–Trinajstić information content (AvgIpc) is 3.74. The molecule has 0 radical (unpaired) electrons. The molecule has 0 aromatic carbocycles. The molecule has 0 aromatic heterocycles. The predicted octanol–water partition coefficient (Wildman–Crippen LogP) is 9.20. The Labute approximate surface area is 324 Å². The number of carbonyl (C=O) groups is 2. The highest BCUT2D eigenvalue weighted by atomic mass is 28.4. The van der Waals surface area contributed by atoms with Crippen LogP contribution in [0.3, 0.4) is 0 Å². The number of cyclic esters (lactones) is 1. The lowest BCUT2D eigenvalue weighted by Crippen LogP contribution is -2.46. The molecular formula is C42H76O9Si2. The fourth-order valence-corrected chi connectivity index (χ4v) is 9.28. The molecule has 53 heavy (non-hydrogen) atoms. The quantitative estimate of drug-likeness (QED) is 0.0619. The molecule has 0 bridgehead atoms. The van der Waals surface area contributed by atoms with E-state index in [0.717, 1.165) is 12.0 Å². The van der Waals surface area contributed by atoms with Gasteiger partial charge in [0, 0.05) is 31.3 Å². The van der Waals surface area contributed by atoms with Crippen LogP contribution in [-0.4, -0.2) is 86.6 Å². The largest absolute Gasteiger partial charge is 0.457 e. The molecule has 11 heteroatoms. The summed E-state index contributed by atoms with van der Waals surface area (Å²) in [5.41, 5.74) is -1.73. The van der Waals surface area contributed by atoms with Crippen LogP contribution >= 0.6 is 0 Å². The van der Waals surface area contributed by atoms with Crippen molar-refractivity contribution in [3.63, 3.8) is 0 Å². The lowest BCUT2D eigenvalue weighted by molar-refractivity contribution is -0.157. The maximum absolute atomic E-state index is 13.6. The summed E-state index contributed by atoms with van der Waals surface area (Å²) >= 11 is 0. The van der Waals surface area contributed by atoms with Crippen molar-refractivity contribution in [2.75, 3.05) is 0 Å². The minimum absolute atomic E-state index is 0.0335. The van der Waals surface area contributed by atoms with Crippen LogP contribution < -0.4 is 0 Å². The molecule has 10 atom stereocenters. The Bertz CT molecular complexity index is 1320. The first-order valence-electron chi connectivity index (χ1n) is 19.8. The number of hydrogen-bond acceptors (Lipinski definition) is 9. The molecule has 0 saturated carbocycles. The van der Waals surface area contributed by atoms with E-state index in [4.69, 9.17) is 23.1 Å². The van der Waals surface area contributed by atoms with Crippen LogP contribution in [0.4, 0.5) is 0 Å². The van der Waals surface area contributed by atoms with E-state index >= 15 is 0 Å². The second kappa shape index (κ2) is 18.1. The molecule has 1 saturated heterocycles. The van der Waals surface area contributed by atoms with Gasteiger partial charge in [-0.1, -0.05) is 86.6 Å². The molecule has 306 valence electrons. The Morgan fingerprint density at radius 3 is 2.17 bits per heavy atom. The first-order valence-corrected chi connectivity index (χ1v) is 25.6. The number of rotatable bonds is 13. The van der Waals surface area contributed by atoms with Gasteiger partial charge in [0.2, 0.25) is 0 Å². The minimum atomic E-state index is -2.28. The molecule has 9 nitrogen and oxygen atoms in total. The third-order valence-corrected chi connectivity index (χ3v) is 21.2. The third kappa shape index (κ3) is 14.1. The number of allylic oxidation sites excluding steroid dienone is 2. The third-order valence-electron chi connectivity index (χ3n) is 12.1. The van der Waals surface area contributed by atoms with Crippen molar-refractivity contribution in [2.45, 2.75) is 206 Å². The zero-order valence-electron chi connectivity index (χ0n) is 36.3. The monoisotopic (exact) mass is 781 g/mol. The van der Waals surface area contributed by atoms with Gasteiger partial charge in [0.25, 0.3) is 0 Å². The number of hydrogen-bond donors (Lipinski definition) is 2. The molecule has 2 aliphatic heterocycles. The van der Waals surface area contributed by atoms with Crippen molar-refractivity contribution in [1.82, 2.24) is 0 Å². The summed E-state index contributed by atoms with van der Waals surface area (Å²) in [7, 11) is -4.22. The van der Waals surface area contributed by atoms with Gasteiger partial charge in [0.15, 0.2) is 16.6 Å². The van der Waals surface area contributed by atoms with E-state index in [1.165, 1.54) is 6.92 Å². The van der Waals surface area contributed by atoms with Gasteiger partial charge in [-0.25, -0.2) is 0 Å². The molecule has 0 spiro atoms. The summed E-state index contributed by atoms with van der Waals surface area (Å²) in [6, 6.07) is 0. The first kappa shape index (κ1) is 47.5. The molecule has 2 rings (SSSR count). The Morgan fingerprint density at radius 2 is 1.64 bits per heavy atom. The van der Waals surface area contributed by atoms with Gasteiger partial charge in [-0.3, -0.25) is 9.59 Å². The highest BCUT2D eigenvalue weighted by Crippen LogP contribution is 2.43. The summed E-state index contributed by atoms with van der Waals surface area (Å²) in [5.74, 6) is -0.984. The van der Waals surface area contributed by atoms with Gasteiger partial charge < -0.3 is 33.3 Å². The van der Waals surface area contributed by atoms with Crippen LogP contribution in [0.25, 0.3) is 0 Å². The Morgan fingerprint density at radius 1 is 1.06 bits per heavy atom. The van der Waals surface area contributed by atoms with Crippen LogP contribution in [0.2, 0.25) is 36.3 Å². The van der Waals surface area contributed by atoms with Crippen molar-refractivity contribution in [2.24, 2.45) is 11.8 Å². The van der Waals surface area contributed by atoms with Gasteiger partial charge in [-0.2, -0.15) is 0 Å². The van der Waals surface area contributed by atoms with Crippen LogP contribution in [0.5, 0.6) is 0 Å². The summed E-state index contributed by atoms with van der Waals surface area (Å²) in [4.78, 5) is 25.6. The minimum Gasteiger partial charge on any atom is -0.457 e. The molecule has 0 aliphatic carbocycles. The van der Waals surface area contributed by atoms with Crippen LogP contribution in [0.1, 0.15) is 122 Å². The predicted molar refractivity (Wildman–Crippen MR) is 219 cm³/mol. The van der Waals surface area contributed by atoms with Crippen molar-refractivity contribution < 1.29 is 42.9 Å². The van der Waals surface area contributed by atoms with Crippen LogP contribution in [-0.2, 0) is 32.7 Å². The Hall–Kier alpha value is -1.61. The highest BCUT2D eigenvalue weighted by molar-refractivity contribution is 6.74. The smallest absolute Gasteiger partial charge is 0.308 e. The van der Waals surface area contributed by atoms with Gasteiger partial charge in [0.05, 0.1) is 30.3 Å². The molecular weight excluding hydrogens is 705 g/mol. The van der Waals surface area contributed by atoms with E-state index in [2.05, 4.69) is 81.6 Å². The molecule has 0 amide bonds. The van der Waals surface area contributed by atoms with E-state index in [0.29, 0.717) is 12.8 Å². The second-order valence-electron chi connectivity index (χ2n) is 19.4. The van der Waals surface area contributed by atoms with E-state index < -0.39 is 52.1 Å². The lowest BCUT2D eigenvalue weighted by atomic mass is 9.88. The van der Waals surface area contributed by atoms with Gasteiger partial charge in [-0.05, 0) is 87.9 Å². The molecule has 0 aromatic rings. The molecule has 1 fully saturated rings. The van der Waals surface area contributed by atoms with Crippen LogP contribution in [0.15, 0.2) is 36.0 Å². The number of aliphatic hydroxyl groups is 2. The standard InChI is InChI=1S/C42H76O9Si2/c1-18-33(51-53(16,17)40(9,10)11)30(4)38-34(48-38)27-41(12,45)24-19-20-28(2)37-29(3)21-22-35(47-31(5)43)42(13,46)25-23-32(26-36(44)49-37)50-52(14,15)39(6,7)8/h19-22,24,29-30,32-35,37-38,45-46H,18,23,25-27H2,1-17H3/b22-21+,24-19+,28-20+/t29-,30+,32+,33-,34+,35+,37+,38+,41-,42+/m0/s1. The van der Waals surface area contributed by atoms with Crippen molar-refractivity contribution >= 4 is 28.6 Å².